The second-order valence-corrected chi connectivity index (χ2v) is 12.2. The normalized spacial score (nSPS) is 17.5. The molecule has 0 aromatic heterocycles. The van der Waals surface area contributed by atoms with Gasteiger partial charge in [-0.2, -0.15) is 0 Å². The van der Waals surface area contributed by atoms with E-state index in [4.69, 9.17) is 4.43 Å². The molecular weight excluding hydrogens is 468 g/mol. The lowest BCUT2D eigenvalue weighted by Crippen LogP contribution is -2.19. The highest BCUT2D eigenvalue weighted by atomic mass is 79.9. The second kappa shape index (κ2) is 7.90. The van der Waals surface area contributed by atoms with E-state index < -0.39 is 9.04 Å². The average Bonchev–Trinajstić information content (AvgIpc) is 2.52. The third-order valence-electron chi connectivity index (χ3n) is 4.98. The first-order valence-electron chi connectivity index (χ1n) is 9.22. The van der Waals surface area contributed by atoms with Crippen LogP contribution in [0.1, 0.15) is 54.7 Å². The van der Waals surface area contributed by atoms with E-state index in [1.54, 1.807) is 0 Å². The summed E-state index contributed by atoms with van der Waals surface area (Å²) in [5, 5.41) is 0. The molecule has 1 atom stereocenters. The van der Waals surface area contributed by atoms with E-state index in [0.29, 0.717) is 0 Å². The Hall–Kier alpha value is -0.423. The number of hydrogen-bond acceptors (Lipinski definition) is 1. The van der Waals surface area contributed by atoms with Gasteiger partial charge in [-0.05, 0) is 71.3 Å². The molecule has 4 heteroatoms. The molecule has 0 saturated carbocycles. The van der Waals surface area contributed by atoms with Gasteiger partial charge in [-0.15, -0.1) is 0 Å². The van der Waals surface area contributed by atoms with Crippen LogP contribution < -0.4 is 0 Å². The molecule has 0 fully saturated rings. The van der Waals surface area contributed by atoms with E-state index >= 15 is 0 Å². The van der Waals surface area contributed by atoms with Crippen LogP contribution >= 0.6 is 31.9 Å². The van der Waals surface area contributed by atoms with Crippen LogP contribution in [-0.2, 0) is 29.1 Å². The van der Waals surface area contributed by atoms with Crippen molar-refractivity contribution in [1.29, 1.82) is 0 Å². The Morgan fingerprint density at radius 1 is 0.923 bits per heavy atom. The van der Waals surface area contributed by atoms with Crippen molar-refractivity contribution in [3.63, 3.8) is 0 Å². The minimum atomic E-state index is -0.798. The Balaban J connectivity index is 2.16. The Morgan fingerprint density at radius 3 is 2.19 bits per heavy atom. The summed E-state index contributed by atoms with van der Waals surface area (Å²) < 4.78 is 8.84. The van der Waals surface area contributed by atoms with Crippen LogP contribution in [0, 0.1) is 0 Å². The topological polar surface area (TPSA) is 9.23 Å². The standard InChI is InChI=1S/C22H27Br2OSi/c1-22(2,3)18-10-17-13-21(25-26(4)5)16-9-7-14(19(23)12-16)6-8-15(18)11-20(17)24/h7,9-12,21H,6,8,13H2,1-5H3. The van der Waals surface area contributed by atoms with E-state index in [-0.39, 0.29) is 11.5 Å². The van der Waals surface area contributed by atoms with Crippen molar-refractivity contribution in [1.82, 2.24) is 0 Å². The molecule has 0 aliphatic heterocycles. The molecule has 6 rings (SSSR count). The van der Waals surface area contributed by atoms with Crippen molar-refractivity contribution in [3.05, 3.63) is 67.1 Å². The highest BCUT2D eigenvalue weighted by molar-refractivity contribution is 9.10. The second-order valence-electron chi connectivity index (χ2n) is 8.42. The smallest absolute Gasteiger partial charge is 0.205 e. The number of benzene rings is 2. The quantitative estimate of drug-likeness (QED) is 0.402. The Kier molecular flexibility index (Phi) is 6.17. The van der Waals surface area contributed by atoms with Crippen molar-refractivity contribution in [3.8, 4) is 0 Å². The molecule has 1 radical (unpaired) electrons. The molecule has 26 heavy (non-hydrogen) atoms. The summed E-state index contributed by atoms with van der Waals surface area (Å²) in [4.78, 5) is 0. The van der Waals surface area contributed by atoms with Crippen molar-refractivity contribution >= 4 is 40.9 Å². The maximum absolute atomic E-state index is 6.42. The maximum atomic E-state index is 6.42. The summed E-state index contributed by atoms with van der Waals surface area (Å²) in [7, 11) is -0.798. The molecule has 1 nitrogen and oxygen atoms in total. The average molecular weight is 495 g/mol. The summed E-state index contributed by atoms with van der Waals surface area (Å²) in [5.41, 5.74) is 7.01. The van der Waals surface area contributed by atoms with E-state index in [1.165, 1.54) is 36.8 Å². The fraction of sp³-hybridized carbons (Fsp3) is 0.455. The Labute approximate surface area is 176 Å². The minimum Gasteiger partial charge on any atom is -0.410 e. The van der Waals surface area contributed by atoms with Gasteiger partial charge in [0.25, 0.3) is 0 Å². The van der Waals surface area contributed by atoms with Crippen LogP contribution in [0.3, 0.4) is 0 Å². The number of rotatable bonds is 2. The SMILES string of the molecule is C[Si](C)OC1Cc2cc(C(C)(C)C)c(cc2Br)CCc2ccc1cc2Br. The van der Waals surface area contributed by atoms with Crippen LogP contribution in [0.5, 0.6) is 0 Å². The molecular formula is C22H27Br2OSi. The Bertz CT molecular complexity index is 809. The van der Waals surface area contributed by atoms with Crippen molar-refractivity contribution < 1.29 is 4.43 Å². The van der Waals surface area contributed by atoms with Gasteiger partial charge >= 0.3 is 0 Å². The predicted molar refractivity (Wildman–Crippen MR) is 119 cm³/mol. The Morgan fingerprint density at radius 2 is 1.58 bits per heavy atom. The van der Waals surface area contributed by atoms with Crippen LogP contribution in [0.4, 0.5) is 0 Å². The molecule has 4 bridgehead atoms. The highest BCUT2D eigenvalue weighted by Gasteiger charge is 2.24. The lowest BCUT2D eigenvalue weighted by Gasteiger charge is -2.28. The molecule has 0 saturated heterocycles. The summed E-state index contributed by atoms with van der Waals surface area (Å²) >= 11 is 7.64. The monoisotopic (exact) mass is 493 g/mol. The van der Waals surface area contributed by atoms with Crippen molar-refractivity contribution in [2.24, 2.45) is 0 Å². The van der Waals surface area contributed by atoms with Gasteiger partial charge in [0.05, 0.1) is 6.10 Å². The van der Waals surface area contributed by atoms with Gasteiger partial charge in [-0.1, -0.05) is 70.8 Å². The molecule has 4 aliphatic carbocycles. The zero-order valence-electron chi connectivity index (χ0n) is 16.2. The first-order chi connectivity index (χ1) is 12.1. The largest absolute Gasteiger partial charge is 0.410 e. The molecule has 0 amide bonds. The number of aryl methyl sites for hydroxylation is 2. The molecule has 0 heterocycles. The predicted octanol–water partition coefficient (Wildman–Crippen LogP) is 7.16. The van der Waals surface area contributed by atoms with Gasteiger partial charge < -0.3 is 4.43 Å². The summed E-state index contributed by atoms with van der Waals surface area (Å²) in [6.45, 7) is 11.4. The highest BCUT2D eigenvalue weighted by Crippen LogP contribution is 2.36. The van der Waals surface area contributed by atoms with Crippen LogP contribution in [-0.4, -0.2) is 9.04 Å². The van der Waals surface area contributed by atoms with Crippen LogP contribution in [0.2, 0.25) is 13.1 Å². The lowest BCUT2D eigenvalue weighted by atomic mass is 9.80. The molecule has 2 aromatic carbocycles. The minimum absolute atomic E-state index is 0.0960. The molecule has 0 spiro atoms. The van der Waals surface area contributed by atoms with Gasteiger partial charge in [0.15, 0.2) is 0 Å². The van der Waals surface area contributed by atoms with Gasteiger partial charge in [-0.3, -0.25) is 0 Å². The van der Waals surface area contributed by atoms with E-state index in [1.807, 2.05) is 0 Å². The fourth-order valence-corrected chi connectivity index (χ4v) is 5.60. The van der Waals surface area contributed by atoms with Crippen LogP contribution in [0.15, 0.2) is 39.3 Å². The first-order valence-corrected chi connectivity index (χ1v) is 13.2. The molecule has 4 aliphatic rings. The third-order valence-corrected chi connectivity index (χ3v) is 7.21. The molecule has 0 N–H and O–H groups in total. The molecule has 139 valence electrons. The molecule has 1 unspecified atom stereocenters. The van der Waals surface area contributed by atoms with E-state index in [9.17, 15) is 0 Å². The maximum Gasteiger partial charge on any atom is 0.205 e. The zero-order chi connectivity index (χ0) is 19.1. The van der Waals surface area contributed by atoms with E-state index in [0.717, 1.165) is 19.3 Å². The van der Waals surface area contributed by atoms with Gasteiger partial charge in [0.1, 0.15) is 0 Å². The van der Waals surface area contributed by atoms with Crippen molar-refractivity contribution in [2.45, 2.75) is 64.6 Å². The van der Waals surface area contributed by atoms with Gasteiger partial charge in [-0.25, -0.2) is 0 Å². The first kappa shape index (κ1) is 20.3. The third kappa shape index (κ3) is 4.52. The summed E-state index contributed by atoms with van der Waals surface area (Å²) in [6, 6.07) is 11.5. The molecule has 2 aromatic rings. The summed E-state index contributed by atoms with van der Waals surface area (Å²) in [6.07, 6.45) is 3.09. The number of halogens is 2. The summed E-state index contributed by atoms with van der Waals surface area (Å²) in [5.74, 6) is 0. The van der Waals surface area contributed by atoms with Gasteiger partial charge in [0, 0.05) is 15.4 Å². The van der Waals surface area contributed by atoms with Crippen molar-refractivity contribution in [2.75, 3.05) is 0 Å². The fourth-order valence-electron chi connectivity index (χ4n) is 3.67. The number of hydrogen-bond donors (Lipinski definition) is 0. The van der Waals surface area contributed by atoms with Gasteiger partial charge in [0.2, 0.25) is 9.04 Å². The zero-order valence-corrected chi connectivity index (χ0v) is 20.4. The van der Waals surface area contributed by atoms with E-state index in [2.05, 4.69) is 96.1 Å². The lowest BCUT2D eigenvalue weighted by molar-refractivity contribution is 0.209. The van der Waals surface area contributed by atoms with Crippen LogP contribution in [0.25, 0.3) is 0 Å².